The zero-order valence-electron chi connectivity index (χ0n) is 18.6. The van der Waals surface area contributed by atoms with Gasteiger partial charge in [-0.25, -0.2) is 0 Å². The summed E-state index contributed by atoms with van der Waals surface area (Å²) >= 11 is 0. The summed E-state index contributed by atoms with van der Waals surface area (Å²) in [5.41, 5.74) is 1.73. The maximum Gasteiger partial charge on any atom is 0.255 e. The Morgan fingerprint density at radius 1 is 1.03 bits per heavy atom. The summed E-state index contributed by atoms with van der Waals surface area (Å²) in [5, 5.41) is 0. The van der Waals surface area contributed by atoms with E-state index in [0.29, 0.717) is 13.1 Å². The Labute approximate surface area is 188 Å². The van der Waals surface area contributed by atoms with Crippen LogP contribution in [-0.4, -0.2) is 66.1 Å². The Hall–Kier alpha value is -2.93. The van der Waals surface area contributed by atoms with Crippen LogP contribution < -0.4 is 4.74 Å². The van der Waals surface area contributed by atoms with Gasteiger partial charge in [-0.3, -0.25) is 14.6 Å². The van der Waals surface area contributed by atoms with E-state index in [1.165, 1.54) is 0 Å². The minimum atomic E-state index is -0.443. The summed E-state index contributed by atoms with van der Waals surface area (Å²) < 4.78 is 10.7. The highest BCUT2D eigenvalue weighted by Crippen LogP contribution is 2.50. The Morgan fingerprint density at radius 3 is 2.25 bits per heavy atom. The lowest BCUT2D eigenvalue weighted by molar-refractivity contribution is -0.178. The van der Waals surface area contributed by atoms with Crippen LogP contribution in [0.25, 0.3) is 0 Å². The van der Waals surface area contributed by atoms with Crippen molar-refractivity contribution in [2.75, 3.05) is 27.3 Å². The van der Waals surface area contributed by atoms with Gasteiger partial charge in [0.1, 0.15) is 5.75 Å². The SMILES string of the molecule is COc1ccc(C2(C(=O)N3CCC(N4C(=O)[C@H](OC)[C@@H]4c4ccncc4)CC3)CC2)cc1. The van der Waals surface area contributed by atoms with Crippen LogP contribution in [0.4, 0.5) is 0 Å². The van der Waals surface area contributed by atoms with Gasteiger partial charge >= 0.3 is 0 Å². The van der Waals surface area contributed by atoms with Crippen molar-refractivity contribution in [1.82, 2.24) is 14.8 Å². The van der Waals surface area contributed by atoms with Crippen LogP contribution in [0.2, 0.25) is 0 Å². The fourth-order valence-corrected chi connectivity index (χ4v) is 5.33. The lowest BCUT2D eigenvalue weighted by atomic mass is 9.86. The molecule has 5 rings (SSSR count). The third-order valence-corrected chi connectivity index (χ3v) is 7.33. The number of nitrogens with zero attached hydrogens (tertiary/aromatic N) is 3. The van der Waals surface area contributed by atoms with E-state index in [1.54, 1.807) is 26.6 Å². The Morgan fingerprint density at radius 2 is 1.69 bits per heavy atom. The molecule has 7 nitrogen and oxygen atoms in total. The molecule has 2 saturated heterocycles. The van der Waals surface area contributed by atoms with Gasteiger partial charge in [-0.15, -0.1) is 0 Å². The molecule has 3 aliphatic rings. The van der Waals surface area contributed by atoms with E-state index in [0.717, 1.165) is 42.6 Å². The van der Waals surface area contributed by atoms with E-state index >= 15 is 0 Å². The van der Waals surface area contributed by atoms with Gasteiger partial charge in [0, 0.05) is 38.6 Å². The molecule has 0 bridgehead atoms. The van der Waals surface area contributed by atoms with E-state index in [-0.39, 0.29) is 29.3 Å². The summed E-state index contributed by atoms with van der Waals surface area (Å²) in [4.78, 5) is 34.3. The molecule has 32 heavy (non-hydrogen) atoms. The topological polar surface area (TPSA) is 72.0 Å². The van der Waals surface area contributed by atoms with Gasteiger partial charge in [-0.2, -0.15) is 0 Å². The number of likely N-dealkylation sites (tertiary alicyclic amines) is 2. The number of benzene rings is 1. The van der Waals surface area contributed by atoms with Gasteiger partial charge in [-0.05, 0) is 61.1 Å². The molecule has 0 unspecified atom stereocenters. The van der Waals surface area contributed by atoms with Crippen LogP contribution in [-0.2, 0) is 19.7 Å². The number of pyridine rings is 1. The van der Waals surface area contributed by atoms with Crippen molar-refractivity contribution in [3.63, 3.8) is 0 Å². The second-order valence-corrected chi connectivity index (χ2v) is 8.96. The molecule has 3 fully saturated rings. The molecule has 1 aromatic carbocycles. The van der Waals surface area contributed by atoms with E-state index in [1.807, 2.05) is 46.2 Å². The first-order chi connectivity index (χ1) is 15.6. The summed E-state index contributed by atoms with van der Waals surface area (Å²) in [6.07, 6.45) is 6.41. The molecule has 2 atom stereocenters. The third-order valence-electron chi connectivity index (χ3n) is 7.33. The maximum atomic E-state index is 13.4. The molecule has 2 aliphatic heterocycles. The largest absolute Gasteiger partial charge is 0.497 e. The molecule has 7 heteroatoms. The number of rotatable bonds is 6. The number of piperidine rings is 1. The van der Waals surface area contributed by atoms with Crippen molar-refractivity contribution >= 4 is 11.8 Å². The van der Waals surface area contributed by atoms with E-state index in [9.17, 15) is 9.59 Å². The van der Waals surface area contributed by atoms with Gasteiger partial charge in [0.25, 0.3) is 5.91 Å². The molecule has 0 N–H and O–H groups in total. The quantitative estimate of drug-likeness (QED) is 0.653. The Balaban J connectivity index is 1.26. The summed E-state index contributed by atoms with van der Waals surface area (Å²) in [6.45, 7) is 1.35. The Bertz CT molecular complexity index is 982. The van der Waals surface area contributed by atoms with E-state index in [2.05, 4.69) is 4.98 Å². The van der Waals surface area contributed by atoms with Crippen molar-refractivity contribution in [2.24, 2.45) is 0 Å². The number of aromatic nitrogens is 1. The first-order valence-corrected chi connectivity index (χ1v) is 11.3. The maximum absolute atomic E-state index is 13.4. The number of methoxy groups -OCH3 is 2. The predicted molar refractivity (Wildman–Crippen MR) is 118 cm³/mol. The fraction of sp³-hybridized carbons (Fsp3) is 0.480. The highest BCUT2D eigenvalue weighted by atomic mass is 16.5. The second kappa shape index (κ2) is 8.20. The zero-order valence-corrected chi connectivity index (χ0v) is 18.6. The average Bonchev–Trinajstić information content (AvgIpc) is 3.65. The van der Waals surface area contributed by atoms with E-state index < -0.39 is 6.10 Å². The highest BCUT2D eigenvalue weighted by molar-refractivity contribution is 5.92. The zero-order chi connectivity index (χ0) is 22.3. The normalized spacial score (nSPS) is 24.8. The first kappa shape index (κ1) is 20.9. The van der Waals surface area contributed by atoms with Gasteiger partial charge in [0.2, 0.25) is 5.91 Å². The minimum absolute atomic E-state index is 0.0379. The van der Waals surface area contributed by atoms with Gasteiger partial charge < -0.3 is 19.3 Å². The van der Waals surface area contributed by atoms with Crippen molar-refractivity contribution < 1.29 is 19.1 Å². The molecule has 2 aromatic rings. The van der Waals surface area contributed by atoms with Crippen LogP contribution in [0, 0.1) is 0 Å². The lowest BCUT2D eigenvalue weighted by Crippen LogP contribution is -2.64. The molecule has 1 aliphatic carbocycles. The number of hydrogen-bond donors (Lipinski definition) is 0. The summed E-state index contributed by atoms with van der Waals surface area (Å²) in [7, 11) is 3.23. The minimum Gasteiger partial charge on any atom is -0.497 e. The van der Waals surface area contributed by atoms with Crippen molar-refractivity contribution in [2.45, 2.75) is 49.3 Å². The second-order valence-electron chi connectivity index (χ2n) is 8.96. The first-order valence-electron chi connectivity index (χ1n) is 11.3. The van der Waals surface area contributed by atoms with Gasteiger partial charge in [-0.1, -0.05) is 12.1 Å². The van der Waals surface area contributed by atoms with Crippen LogP contribution in [0.15, 0.2) is 48.8 Å². The fourth-order valence-electron chi connectivity index (χ4n) is 5.33. The number of β-lactam (4-membered cyclic amide) rings is 1. The van der Waals surface area contributed by atoms with Crippen molar-refractivity contribution in [3.05, 3.63) is 59.9 Å². The molecule has 2 amide bonds. The Kier molecular flexibility index (Phi) is 5.37. The molecule has 1 saturated carbocycles. The number of amides is 2. The summed E-state index contributed by atoms with van der Waals surface area (Å²) in [5.74, 6) is 1.06. The van der Waals surface area contributed by atoms with Crippen molar-refractivity contribution in [3.8, 4) is 5.75 Å². The monoisotopic (exact) mass is 435 g/mol. The molecule has 168 valence electrons. The standard InChI is InChI=1S/C25H29N3O4/c1-31-20-5-3-18(4-6-20)25(11-12-25)24(30)27-15-9-19(10-16-27)28-21(22(32-2)23(28)29)17-7-13-26-14-8-17/h3-8,13-14,19,21-22H,9-12,15-16H2,1-2H3/t21-,22+/m0/s1. The van der Waals surface area contributed by atoms with Crippen LogP contribution in [0.5, 0.6) is 5.75 Å². The average molecular weight is 436 g/mol. The van der Waals surface area contributed by atoms with Gasteiger partial charge in [0.15, 0.2) is 6.10 Å². The molecule has 0 spiro atoms. The highest BCUT2D eigenvalue weighted by Gasteiger charge is 2.55. The van der Waals surface area contributed by atoms with Crippen LogP contribution in [0.3, 0.4) is 0 Å². The van der Waals surface area contributed by atoms with E-state index in [4.69, 9.17) is 9.47 Å². The number of hydrogen-bond acceptors (Lipinski definition) is 5. The van der Waals surface area contributed by atoms with Crippen LogP contribution >= 0.6 is 0 Å². The van der Waals surface area contributed by atoms with Crippen LogP contribution in [0.1, 0.15) is 42.9 Å². The third kappa shape index (κ3) is 3.35. The molecule has 3 heterocycles. The number of ether oxygens (including phenoxy) is 2. The predicted octanol–water partition coefficient (Wildman–Crippen LogP) is 2.71. The molecule has 1 aromatic heterocycles. The van der Waals surface area contributed by atoms with Crippen molar-refractivity contribution in [1.29, 1.82) is 0 Å². The lowest BCUT2D eigenvalue weighted by Gasteiger charge is -2.52. The smallest absolute Gasteiger partial charge is 0.255 e. The number of carbonyl (C=O) groups is 2. The number of carbonyl (C=O) groups excluding carboxylic acids is 2. The molecular weight excluding hydrogens is 406 g/mol. The molecule has 0 radical (unpaired) electrons. The molecular formula is C25H29N3O4. The summed E-state index contributed by atoms with van der Waals surface area (Å²) in [6, 6.07) is 11.8. The van der Waals surface area contributed by atoms with Gasteiger partial charge in [0.05, 0.1) is 18.6 Å².